The van der Waals surface area contributed by atoms with Crippen LogP contribution in [0.3, 0.4) is 0 Å². The number of nitrogens with one attached hydrogen (secondary N) is 1. The number of fused-ring (bicyclic) bond motifs is 1. The third kappa shape index (κ3) is 2.56. The number of anilines is 1. The molecule has 5 nitrogen and oxygen atoms in total. The van der Waals surface area contributed by atoms with Gasteiger partial charge in [-0.05, 0) is 32.9 Å². The first-order chi connectivity index (χ1) is 10.0. The second-order valence-corrected chi connectivity index (χ2v) is 5.09. The molecule has 0 aliphatic carbocycles. The molecule has 6 heteroatoms. The minimum Gasteiger partial charge on any atom is -0.377 e. The van der Waals surface area contributed by atoms with Gasteiger partial charge in [0.15, 0.2) is 5.65 Å². The Hall–Kier alpha value is -2.50. The summed E-state index contributed by atoms with van der Waals surface area (Å²) in [6.45, 7) is 5.98. The number of halogens is 1. The normalized spacial score (nSPS) is 12.6. The molecule has 1 atom stereocenters. The van der Waals surface area contributed by atoms with E-state index in [0.717, 1.165) is 28.3 Å². The van der Waals surface area contributed by atoms with Gasteiger partial charge in [0, 0.05) is 23.5 Å². The molecule has 0 radical (unpaired) electrons. The topological polar surface area (TPSA) is 55.1 Å². The zero-order valence-corrected chi connectivity index (χ0v) is 12.1. The van der Waals surface area contributed by atoms with E-state index in [-0.39, 0.29) is 6.04 Å². The molecule has 3 heterocycles. The highest BCUT2D eigenvalue weighted by atomic mass is 19.1. The lowest BCUT2D eigenvalue weighted by Gasteiger charge is -2.17. The van der Waals surface area contributed by atoms with Gasteiger partial charge in [0.25, 0.3) is 0 Å². The highest BCUT2D eigenvalue weighted by molar-refractivity contribution is 5.46. The fourth-order valence-corrected chi connectivity index (χ4v) is 2.39. The molecule has 0 aromatic carbocycles. The van der Waals surface area contributed by atoms with Crippen LogP contribution in [0.25, 0.3) is 5.65 Å². The van der Waals surface area contributed by atoms with Gasteiger partial charge in [-0.15, -0.1) is 0 Å². The molecule has 3 aromatic heterocycles. The molecule has 0 spiro atoms. The van der Waals surface area contributed by atoms with Crippen molar-refractivity contribution in [1.29, 1.82) is 0 Å². The monoisotopic (exact) mass is 285 g/mol. The van der Waals surface area contributed by atoms with Gasteiger partial charge < -0.3 is 5.32 Å². The van der Waals surface area contributed by atoms with E-state index >= 15 is 0 Å². The third-order valence-corrected chi connectivity index (χ3v) is 3.46. The minimum absolute atomic E-state index is 0.0127. The van der Waals surface area contributed by atoms with Gasteiger partial charge in [-0.25, -0.2) is 14.5 Å². The van der Waals surface area contributed by atoms with Gasteiger partial charge in [-0.1, -0.05) is 0 Å². The Balaban J connectivity index is 1.92. The second-order valence-electron chi connectivity index (χ2n) is 5.09. The minimum atomic E-state index is -0.487. The summed E-state index contributed by atoms with van der Waals surface area (Å²) in [4.78, 5) is 8.06. The van der Waals surface area contributed by atoms with Gasteiger partial charge in [-0.2, -0.15) is 9.49 Å². The number of nitrogens with zero attached hydrogens (tertiary/aromatic N) is 4. The summed E-state index contributed by atoms with van der Waals surface area (Å²) in [5, 5.41) is 7.73. The molecular weight excluding hydrogens is 269 g/mol. The predicted molar refractivity (Wildman–Crippen MR) is 78.7 cm³/mol. The maximum atomic E-state index is 12.8. The molecule has 21 heavy (non-hydrogen) atoms. The van der Waals surface area contributed by atoms with Gasteiger partial charge in [0.1, 0.15) is 0 Å². The highest BCUT2D eigenvalue weighted by Crippen LogP contribution is 2.22. The zero-order chi connectivity index (χ0) is 15.0. The quantitative estimate of drug-likeness (QED) is 0.751. The van der Waals surface area contributed by atoms with E-state index in [1.807, 2.05) is 37.5 Å². The van der Waals surface area contributed by atoms with Crippen LogP contribution in [0.4, 0.5) is 10.1 Å². The molecule has 108 valence electrons. The highest BCUT2D eigenvalue weighted by Gasteiger charge is 2.13. The Morgan fingerprint density at radius 3 is 2.71 bits per heavy atom. The maximum Gasteiger partial charge on any atom is 0.212 e. The summed E-state index contributed by atoms with van der Waals surface area (Å²) in [7, 11) is 0. The number of hydrogen-bond acceptors (Lipinski definition) is 4. The van der Waals surface area contributed by atoms with Gasteiger partial charge in [0.2, 0.25) is 5.95 Å². The maximum absolute atomic E-state index is 12.8. The molecule has 0 amide bonds. The average Bonchev–Trinajstić information content (AvgIpc) is 2.83. The van der Waals surface area contributed by atoms with Crippen molar-refractivity contribution in [2.24, 2.45) is 0 Å². The average molecular weight is 285 g/mol. The Morgan fingerprint density at radius 2 is 2.00 bits per heavy atom. The largest absolute Gasteiger partial charge is 0.377 e. The Labute approximate surface area is 121 Å². The van der Waals surface area contributed by atoms with E-state index in [1.165, 1.54) is 12.3 Å². The first-order valence-corrected chi connectivity index (χ1v) is 6.74. The number of hydrogen-bond donors (Lipinski definition) is 1. The van der Waals surface area contributed by atoms with Crippen molar-refractivity contribution in [3.63, 3.8) is 0 Å². The van der Waals surface area contributed by atoms with E-state index in [1.54, 1.807) is 6.07 Å². The Kier molecular flexibility index (Phi) is 3.29. The Morgan fingerprint density at radius 1 is 1.19 bits per heavy atom. The summed E-state index contributed by atoms with van der Waals surface area (Å²) in [5.41, 5.74) is 4.61. The molecule has 1 N–H and O–H groups in total. The lowest BCUT2D eigenvalue weighted by Crippen LogP contribution is -2.12. The van der Waals surface area contributed by atoms with Crippen LogP contribution in [0.5, 0.6) is 0 Å². The van der Waals surface area contributed by atoms with Crippen LogP contribution in [-0.2, 0) is 0 Å². The van der Waals surface area contributed by atoms with Crippen molar-refractivity contribution >= 4 is 11.3 Å². The van der Waals surface area contributed by atoms with Gasteiger partial charge in [-0.3, -0.25) is 0 Å². The summed E-state index contributed by atoms with van der Waals surface area (Å²) in [5.74, 6) is -0.487. The van der Waals surface area contributed by atoms with Crippen LogP contribution in [-0.4, -0.2) is 19.6 Å². The van der Waals surface area contributed by atoms with Crippen molar-refractivity contribution in [2.75, 3.05) is 5.32 Å². The lowest BCUT2D eigenvalue weighted by molar-refractivity contribution is 0.584. The summed E-state index contributed by atoms with van der Waals surface area (Å²) >= 11 is 0. The van der Waals surface area contributed by atoms with E-state index in [0.29, 0.717) is 0 Å². The standard InChI is InChI=1S/C15H16FN5/c1-9-6-15-18-8-13(11(3)21(15)20-9)10(2)19-12-4-5-14(16)17-7-12/h4-8,10,19H,1-3H3. The second kappa shape index (κ2) is 5.12. The molecule has 0 saturated heterocycles. The molecule has 0 saturated carbocycles. The van der Waals surface area contributed by atoms with Crippen LogP contribution in [0.1, 0.15) is 29.9 Å². The van der Waals surface area contributed by atoms with E-state index in [9.17, 15) is 4.39 Å². The van der Waals surface area contributed by atoms with Crippen LogP contribution in [0.15, 0.2) is 30.6 Å². The van der Waals surface area contributed by atoms with E-state index in [4.69, 9.17) is 0 Å². The molecular formula is C15H16FN5. The molecule has 0 aliphatic rings. The van der Waals surface area contributed by atoms with E-state index in [2.05, 4.69) is 20.4 Å². The van der Waals surface area contributed by atoms with Gasteiger partial charge >= 0.3 is 0 Å². The lowest BCUT2D eigenvalue weighted by atomic mass is 10.1. The van der Waals surface area contributed by atoms with Crippen molar-refractivity contribution < 1.29 is 4.39 Å². The summed E-state index contributed by atoms with van der Waals surface area (Å²) < 4.78 is 14.7. The summed E-state index contributed by atoms with van der Waals surface area (Å²) in [6, 6.07) is 4.95. The van der Waals surface area contributed by atoms with E-state index < -0.39 is 5.95 Å². The molecule has 0 bridgehead atoms. The van der Waals surface area contributed by atoms with Crippen molar-refractivity contribution in [3.05, 3.63) is 53.5 Å². The molecule has 0 fully saturated rings. The number of rotatable bonds is 3. The van der Waals surface area contributed by atoms with Crippen LogP contribution in [0, 0.1) is 19.8 Å². The van der Waals surface area contributed by atoms with Crippen LogP contribution >= 0.6 is 0 Å². The molecule has 3 aromatic rings. The number of aromatic nitrogens is 4. The molecule has 0 aliphatic heterocycles. The predicted octanol–water partition coefficient (Wildman–Crippen LogP) is 3.05. The molecule has 3 rings (SSSR count). The third-order valence-electron chi connectivity index (χ3n) is 3.46. The van der Waals surface area contributed by atoms with Crippen molar-refractivity contribution in [1.82, 2.24) is 19.6 Å². The fraction of sp³-hybridized carbons (Fsp3) is 0.267. The number of aryl methyl sites for hydroxylation is 2. The Bertz CT molecular complexity index is 779. The zero-order valence-electron chi connectivity index (χ0n) is 12.1. The van der Waals surface area contributed by atoms with Crippen LogP contribution in [0.2, 0.25) is 0 Å². The first kappa shape index (κ1) is 13.5. The van der Waals surface area contributed by atoms with Crippen LogP contribution < -0.4 is 5.32 Å². The smallest absolute Gasteiger partial charge is 0.212 e. The summed E-state index contributed by atoms with van der Waals surface area (Å²) in [6.07, 6.45) is 3.32. The van der Waals surface area contributed by atoms with Crippen molar-refractivity contribution in [3.8, 4) is 0 Å². The fourth-order valence-electron chi connectivity index (χ4n) is 2.39. The number of pyridine rings is 1. The molecule has 1 unspecified atom stereocenters. The van der Waals surface area contributed by atoms with Gasteiger partial charge in [0.05, 0.1) is 23.6 Å². The van der Waals surface area contributed by atoms with Crippen molar-refractivity contribution in [2.45, 2.75) is 26.8 Å². The first-order valence-electron chi connectivity index (χ1n) is 6.74. The SMILES string of the molecule is Cc1cc2ncc(C(C)Nc3ccc(F)nc3)c(C)n2n1.